The van der Waals surface area contributed by atoms with Crippen molar-refractivity contribution < 1.29 is 38.5 Å². The third-order valence-corrected chi connectivity index (χ3v) is 10.8. The predicted molar refractivity (Wildman–Crippen MR) is 221 cm³/mol. The summed E-state index contributed by atoms with van der Waals surface area (Å²) in [5, 5.41) is 8.92. The zero-order valence-electron chi connectivity index (χ0n) is 31.9. The molecule has 2 aromatic carbocycles. The van der Waals surface area contributed by atoms with Crippen LogP contribution in [-0.2, 0) is 27.5 Å². The van der Waals surface area contributed by atoms with Crippen molar-refractivity contribution in [3.05, 3.63) is 107 Å². The number of aromatic nitrogens is 2. The molecule has 0 bridgehead atoms. The van der Waals surface area contributed by atoms with Gasteiger partial charge in [-0.05, 0) is 110 Å². The standard InChI is InChI=1S/C22H27N3O4.C21H24N2O4.2CH4/c1-27-24-21(26)13-16-8-11-25(12-9-16)14-17-4-6-18(7-5-17)20-15-28-19-3-2-10-23-22(19)29-20;24-20(25)12-15-7-10-23(11-8-15)13-16-3-5-17(6-4-16)19-14-26-18-2-1-9-22-21(18)27-19;;/h2-7,10,16,20H,8-9,11-15H2,1H3,(H,24,26);1-6,9,15,19H,7-8,10-14H2,(H,24,25);2*1H4/t20-;19-;;/m11../s1. The highest BCUT2D eigenvalue weighted by Crippen LogP contribution is 2.35. The molecule has 8 rings (SSSR count). The second-order valence-corrected chi connectivity index (χ2v) is 14.9. The molecule has 2 N–H and O–H groups in total. The molecule has 4 aromatic rings. The molecule has 1 amide bonds. The Morgan fingerprint density at radius 1 is 0.690 bits per heavy atom. The second kappa shape index (κ2) is 21.5. The van der Waals surface area contributed by atoms with Gasteiger partial charge in [-0.25, -0.2) is 15.4 Å². The number of hydroxylamine groups is 1. The number of piperidine rings is 2. The fraction of sp³-hybridized carbons (Fsp3) is 0.467. The van der Waals surface area contributed by atoms with Gasteiger partial charge in [0.2, 0.25) is 5.91 Å². The van der Waals surface area contributed by atoms with E-state index in [1.54, 1.807) is 12.4 Å². The first-order chi connectivity index (χ1) is 27.4. The number of rotatable bonds is 11. The van der Waals surface area contributed by atoms with E-state index in [-0.39, 0.29) is 33.0 Å². The summed E-state index contributed by atoms with van der Waals surface area (Å²) in [6.07, 6.45) is 7.96. The van der Waals surface area contributed by atoms with Gasteiger partial charge in [0, 0.05) is 38.3 Å². The molecule has 0 unspecified atom stereocenters. The van der Waals surface area contributed by atoms with Crippen molar-refractivity contribution in [2.75, 3.05) is 46.5 Å². The number of aliphatic carboxylic acids is 1. The lowest BCUT2D eigenvalue weighted by atomic mass is 9.93. The normalized spacial score (nSPS) is 19.3. The van der Waals surface area contributed by atoms with E-state index in [9.17, 15) is 9.59 Å². The third-order valence-electron chi connectivity index (χ3n) is 10.8. The van der Waals surface area contributed by atoms with Gasteiger partial charge in [0.15, 0.2) is 23.7 Å². The smallest absolute Gasteiger partial charge is 0.303 e. The van der Waals surface area contributed by atoms with Crippen LogP contribution >= 0.6 is 0 Å². The average molecular weight is 798 g/mol. The first kappa shape index (κ1) is 43.9. The molecule has 13 nitrogen and oxygen atoms in total. The molecular formula is C45H59N5O8. The Hall–Kier alpha value is -5.24. The SMILES string of the molecule is C.C.CONC(=O)CC1CCN(Cc2ccc([C@H]3COc4cccnc4O3)cc2)CC1.O=C(O)CC1CCN(Cc2ccc([C@H]3COc4cccnc4O3)cc2)CC1. The minimum Gasteiger partial charge on any atom is -0.484 e. The monoisotopic (exact) mass is 797 g/mol. The van der Waals surface area contributed by atoms with Crippen LogP contribution in [-0.4, -0.2) is 83.3 Å². The first-order valence-corrected chi connectivity index (χ1v) is 19.5. The Kier molecular flexibility index (Phi) is 16.3. The average Bonchev–Trinajstić information content (AvgIpc) is 3.23. The van der Waals surface area contributed by atoms with Gasteiger partial charge >= 0.3 is 5.97 Å². The second-order valence-electron chi connectivity index (χ2n) is 14.9. The molecule has 4 aliphatic rings. The number of likely N-dealkylation sites (tertiary alicyclic amines) is 2. The molecule has 2 fully saturated rings. The lowest BCUT2D eigenvalue weighted by Gasteiger charge is -2.31. The number of carboxylic acid groups (broad SMARTS) is 1. The quantitative estimate of drug-likeness (QED) is 0.146. The van der Waals surface area contributed by atoms with Crippen LogP contribution in [0.25, 0.3) is 0 Å². The van der Waals surface area contributed by atoms with Gasteiger partial charge in [-0.2, -0.15) is 0 Å². The van der Waals surface area contributed by atoms with Crippen molar-refractivity contribution in [2.45, 2.75) is 78.7 Å². The third kappa shape index (κ3) is 12.1. The number of fused-ring (bicyclic) bond motifs is 2. The van der Waals surface area contributed by atoms with Crippen molar-refractivity contribution in [3.63, 3.8) is 0 Å². The molecule has 0 aliphatic carbocycles. The molecule has 0 saturated carbocycles. The van der Waals surface area contributed by atoms with E-state index in [1.165, 1.54) is 18.2 Å². The Bertz CT molecular complexity index is 1880. The van der Waals surface area contributed by atoms with E-state index in [4.69, 9.17) is 24.1 Å². The van der Waals surface area contributed by atoms with E-state index >= 15 is 0 Å². The lowest BCUT2D eigenvalue weighted by Crippen LogP contribution is -2.35. The highest BCUT2D eigenvalue weighted by molar-refractivity contribution is 5.75. The summed E-state index contributed by atoms with van der Waals surface area (Å²) in [7, 11) is 1.47. The maximum Gasteiger partial charge on any atom is 0.303 e. The summed E-state index contributed by atoms with van der Waals surface area (Å²) in [5.74, 6) is 2.52. The summed E-state index contributed by atoms with van der Waals surface area (Å²) in [6, 6.07) is 24.4. The molecule has 4 aliphatic heterocycles. The van der Waals surface area contributed by atoms with Gasteiger partial charge in [-0.15, -0.1) is 0 Å². The molecule has 312 valence electrons. The summed E-state index contributed by atoms with van der Waals surface area (Å²) in [4.78, 5) is 40.5. The molecule has 2 saturated heterocycles. The van der Waals surface area contributed by atoms with Crippen molar-refractivity contribution in [2.24, 2.45) is 11.8 Å². The maximum atomic E-state index is 11.6. The number of carboxylic acids is 1. The van der Waals surface area contributed by atoms with E-state index in [0.717, 1.165) is 76.1 Å². The van der Waals surface area contributed by atoms with Crippen LogP contribution in [0, 0.1) is 11.8 Å². The van der Waals surface area contributed by atoms with Crippen LogP contribution < -0.4 is 24.4 Å². The molecule has 0 spiro atoms. The highest BCUT2D eigenvalue weighted by Gasteiger charge is 2.26. The molecule has 58 heavy (non-hydrogen) atoms. The van der Waals surface area contributed by atoms with E-state index in [0.29, 0.717) is 61.2 Å². The van der Waals surface area contributed by atoms with Crippen LogP contribution in [0.1, 0.15) is 87.8 Å². The molecule has 13 heteroatoms. The van der Waals surface area contributed by atoms with Gasteiger partial charge in [-0.3, -0.25) is 24.2 Å². The van der Waals surface area contributed by atoms with Crippen LogP contribution in [0.2, 0.25) is 0 Å². The van der Waals surface area contributed by atoms with Crippen molar-refractivity contribution in [1.82, 2.24) is 25.2 Å². The number of amides is 1. The number of pyridine rings is 2. The molecule has 2 atom stereocenters. The number of carbonyl (C=O) groups excluding carboxylic acids is 1. The van der Waals surface area contributed by atoms with E-state index in [2.05, 4.69) is 78.6 Å². The van der Waals surface area contributed by atoms with Gasteiger partial charge in [0.1, 0.15) is 13.2 Å². The topological polar surface area (TPSA) is 145 Å². The number of benzene rings is 2. The number of ether oxygens (including phenoxy) is 4. The van der Waals surface area contributed by atoms with Gasteiger partial charge < -0.3 is 24.1 Å². The minimum absolute atomic E-state index is 0. The summed E-state index contributed by atoms with van der Waals surface area (Å²) in [6.45, 7) is 6.72. The maximum absolute atomic E-state index is 11.6. The van der Waals surface area contributed by atoms with Crippen molar-refractivity contribution >= 4 is 11.9 Å². The fourth-order valence-corrected chi connectivity index (χ4v) is 7.70. The van der Waals surface area contributed by atoms with Crippen LogP contribution in [0.5, 0.6) is 23.3 Å². The van der Waals surface area contributed by atoms with Gasteiger partial charge in [0.05, 0.1) is 7.11 Å². The molecule has 0 radical (unpaired) electrons. The van der Waals surface area contributed by atoms with Crippen LogP contribution in [0.3, 0.4) is 0 Å². The Balaban J connectivity index is 0.000000214. The molecule has 6 heterocycles. The number of hydrogen-bond donors (Lipinski definition) is 2. The summed E-state index contributed by atoms with van der Waals surface area (Å²) < 4.78 is 23.4. The molecule has 2 aromatic heterocycles. The number of nitrogens with zero attached hydrogens (tertiary/aromatic N) is 4. The number of nitrogens with one attached hydrogen (secondary N) is 1. The summed E-state index contributed by atoms with van der Waals surface area (Å²) >= 11 is 0. The first-order valence-electron chi connectivity index (χ1n) is 19.5. The van der Waals surface area contributed by atoms with Crippen molar-refractivity contribution in [3.8, 4) is 23.3 Å². The zero-order chi connectivity index (χ0) is 38.7. The lowest BCUT2D eigenvalue weighted by molar-refractivity contribution is -0.138. The molecular weight excluding hydrogens is 739 g/mol. The van der Waals surface area contributed by atoms with Gasteiger partial charge in [-0.1, -0.05) is 63.4 Å². The summed E-state index contributed by atoms with van der Waals surface area (Å²) in [5.41, 5.74) is 7.11. The Morgan fingerprint density at radius 3 is 1.53 bits per heavy atom. The Labute approximate surface area is 342 Å². The fourth-order valence-electron chi connectivity index (χ4n) is 7.70. The van der Waals surface area contributed by atoms with Crippen molar-refractivity contribution in [1.29, 1.82) is 0 Å². The zero-order valence-corrected chi connectivity index (χ0v) is 31.9. The number of carbonyl (C=O) groups is 2. The largest absolute Gasteiger partial charge is 0.484 e. The highest BCUT2D eigenvalue weighted by atomic mass is 16.6. The van der Waals surface area contributed by atoms with Crippen LogP contribution in [0.4, 0.5) is 0 Å². The van der Waals surface area contributed by atoms with E-state index in [1.807, 2.05) is 24.3 Å². The number of hydrogen-bond acceptors (Lipinski definition) is 11. The predicted octanol–water partition coefficient (Wildman–Crippen LogP) is 7.43. The Morgan fingerprint density at radius 2 is 1.12 bits per heavy atom. The minimum atomic E-state index is -0.684. The van der Waals surface area contributed by atoms with E-state index < -0.39 is 5.97 Å². The van der Waals surface area contributed by atoms with Crippen LogP contribution in [0.15, 0.2) is 85.2 Å². The van der Waals surface area contributed by atoms with Gasteiger partial charge in [0.25, 0.3) is 11.8 Å².